The highest BCUT2D eigenvalue weighted by molar-refractivity contribution is 6.33. The second kappa shape index (κ2) is 8.14. The van der Waals surface area contributed by atoms with Crippen LogP contribution in [-0.2, 0) is 0 Å². The van der Waals surface area contributed by atoms with Crippen molar-refractivity contribution < 1.29 is 4.39 Å². The quantitative estimate of drug-likeness (QED) is 0.525. The zero-order valence-electron chi connectivity index (χ0n) is 18.4. The van der Waals surface area contributed by atoms with Gasteiger partial charge in [0.2, 0.25) is 0 Å². The molecular weight excluding hydrogens is 421 g/mol. The van der Waals surface area contributed by atoms with Gasteiger partial charge in [0.1, 0.15) is 11.6 Å². The van der Waals surface area contributed by atoms with Gasteiger partial charge >= 0.3 is 0 Å². The predicted octanol–water partition coefficient (Wildman–Crippen LogP) is 6.27. The number of likely N-dealkylation sites (tertiary alicyclic amines) is 1. The van der Waals surface area contributed by atoms with Crippen LogP contribution in [0.4, 0.5) is 10.2 Å². The van der Waals surface area contributed by atoms with E-state index in [4.69, 9.17) is 11.6 Å². The summed E-state index contributed by atoms with van der Waals surface area (Å²) in [5, 5.41) is 4.07. The number of allylic oxidation sites excluding steroid dienone is 2. The largest absolute Gasteiger partial charge is 0.370 e. The van der Waals surface area contributed by atoms with Crippen LogP contribution in [0, 0.1) is 34.9 Å². The number of rotatable bonds is 6. The number of benzene rings is 1. The molecule has 4 atom stereocenters. The minimum Gasteiger partial charge on any atom is -0.370 e. The Hall–Kier alpha value is -1.91. The highest BCUT2D eigenvalue weighted by Crippen LogP contribution is 2.59. The molecule has 1 N–H and O–H groups in total. The van der Waals surface area contributed by atoms with E-state index in [1.165, 1.54) is 63.9 Å². The van der Waals surface area contributed by atoms with Crippen LogP contribution >= 0.6 is 11.6 Å². The van der Waals surface area contributed by atoms with Gasteiger partial charge in [-0.15, -0.1) is 0 Å². The van der Waals surface area contributed by atoms with Crippen LogP contribution in [0.15, 0.2) is 48.7 Å². The van der Waals surface area contributed by atoms with Gasteiger partial charge < -0.3 is 10.2 Å². The first-order chi connectivity index (χ1) is 15.6. The third-order valence-electron chi connectivity index (χ3n) is 8.65. The molecular formula is C27H31ClFN3. The van der Waals surface area contributed by atoms with Gasteiger partial charge in [0, 0.05) is 35.4 Å². The van der Waals surface area contributed by atoms with Crippen LogP contribution in [-0.4, -0.2) is 36.1 Å². The number of piperidine rings is 1. The summed E-state index contributed by atoms with van der Waals surface area (Å²) < 4.78 is 13.6. The molecule has 2 saturated carbocycles. The van der Waals surface area contributed by atoms with Gasteiger partial charge in [-0.2, -0.15) is 0 Å². The molecule has 6 rings (SSSR count). The van der Waals surface area contributed by atoms with Crippen LogP contribution in [0.3, 0.4) is 0 Å². The fourth-order valence-corrected chi connectivity index (χ4v) is 6.78. The first-order valence-corrected chi connectivity index (χ1v) is 12.5. The molecule has 2 bridgehead atoms. The lowest BCUT2D eigenvalue weighted by Gasteiger charge is -2.35. The Bertz CT molecular complexity index is 1010. The van der Waals surface area contributed by atoms with E-state index in [-0.39, 0.29) is 5.82 Å². The average Bonchev–Trinajstić information content (AvgIpc) is 3.10. The maximum atomic E-state index is 13.6. The number of pyridine rings is 1. The Morgan fingerprint density at radius 1 is 1.12 bits per heavy atom. The molecule has 0 radical (unpaired) electrons. The van der Waals surface area contributed by atoms with Crippen LogP contribution < -0.4 is 5.32 Å². The first kappa shape index (κ1) is 20.7. The molecule has 3 aliphatic carbocycles. The minimum absolute atomic E-state index is 0.288. The lowest BCUT2D eigenvalue weighted by molar-refractivity contribution is 0.136. The third-order valence-corrected chi connectivity index (χ3v) is 8.98. The third kappa shape index (κ3) is 3.97. The van der Waals surface area contributed by atoms with Crippen molar-refractivity contribution in [3.05, 3.63) is 59.5 Å². The first-order valence-electron chi connectivity index (χ1n) is 12.1. The summed E-state index contributed by atoms with van der Waals surface area (Å²) in [4.78, 5) is 7.28. The number of hydrogen-bond donors (Lipinski definition) is 1. The summed E-state index contributed by atoms with van der Waals surface area (Å²) in [6.07, 6.45) is 13.6. The van der Waals surface area contributed by atoms with Crippen molar-refractivity contribution in [1.82, 2.24) is 9.88 Å². The molecule has 3 nitrogen and oxygen atoms in total. The smallest absolute Gasteiger partial charge is 0.125 e. The number of hydrogen-bond acceptors (Lipinski definition) is 3. The monoisotopic (exact) mass is 451 g/mol. The molecule has 2 heterocycles. The Balaban J connectivity index is 0.984. The van der Waals surface area contributed by atoms with E-state index in [2.05, 4.69) is 27.4 Å². The van der Waals surface area contributed by atoms with E-state index in [1.807, 2.05) is 12.1 Å². The SMILES string of the molecule is Fc1ccc(Cl)c(-c2ccc(NCC3CC34CCN(CC3CC5C=CC3C5)CC4)nc2)c1. The second-order valence-electron chi connectivity index (χ2n) is 10.5. The predicted molar refractivity (Wildman–Crippen MR) is 128 cm³/mol. The maximum Gasteiger partial charge on any atom is 0.125 e. The number of aromatic nitrogens is 1. The summed E-state index contributed by atoms with van der Waals surface area (Å²) in [5.41, 5.74) is 2.08. The van der Waals surface area contributed by atoms with Crippen molar-refractivity contribution in [2.45, 2.75) is 32.1 Å². The second-order valence-corrected chi connectivity index (χ2v) is 10.9. The summed E-state index contributed by atoms with van der Waals surface area (Å²) in [7, 11) is 0. The van der Waals surface area contributed by atoms with E-state index in [9.17, 15) is 4.39 Å². The van der Waals surface area contributed by atoms with E-state index >= 15 is 0 Å². The zero-order valence-corrected chi connectivity index (χ0v) is 19.2. The molecule has 1 spiro atoms. The number of anilines is 1. The summed E-state index contributed by atoms with van der Waals surface area (Å²) in [6.45, 7) is 4.85. The van der Waals surface area contributed by atoms with Gasteiger partial charge in [0.15, 0.2) is 0 Å². The van der Waals surface area contributed by atoms with E-state index in [1.54, 1.807) is 12.3 Å². The molecule has 2 aromatic rings. The number of halogens is 2. The Labute approximate surface area is 195 Å². The van der Waals surface area contributed by atoms with Crippen LogP contribution in [0.25, 0.3) is 11.1 Å². The fourth-order valence-electron chi connectivity index (χ4n) is 6.55. The normalized spacial score (nSPS) is 30.2. The molecule has 4 unspecified atom stereocenters. The van der Waals surface area contributed by atoms with Crippen LogP contribution in [0.1, 0.15) is 32.1 Å². The zero-order chi connectivity index (χ0) is 21.7. The lowest BCUT2D eigenvalue weighted by atomic mass is 9.88. The van der Waals surface area contributed by atoms with Gasteiger partial charge in [0.05, 0.1) is 0 Å². The Morgan fingerprint density at radius 3 is 2.72 bits per heavy atom. The molecule has 5 heteroatoms. The Kier molecular flexibility index (Phi) is 5.26. The van der Waals surface area contributed by atoms with Crippen LogP contribution in [0.5, 0.6) is 0 Å². The van der Waals surface area contributed by atoms with Crippen molar-refractivity contribution in [2.24, 2.45) is 29.1 Å². The summed E-state index contributed by atoms with van der Waals surface area (Å²) >= 11 is 6.22. The number of fused-ring (bicyclic) bond motifs is 2. The van der Waals surface area contributed by atoms with E-state index in [0.717, 1.165) is 41.6 Å². The van der Waals surface area contributed by atoms with Crippen LogP contribution in [0.2, 0.25) is 5.02 Å². The molecule has 1 aromatic heterocycles. The van der Waals surface area contributed by atoms with Crippen molar-refractivity contribution in [3.8, 4) is 11.1 Å². The minimum atomic E-state index is -0.288. The van der Waals surface area contributed by atoms with Gasteiger partial charge in [-0.25, -0.2) is 9.37 Å². The topological polar surface area (TPSA) is 28.2 Å². The molecule has 1 saturated heterocycles. The molecule has 4 aliphatic rings. The fraction of sp³-hybridized carbons (Fsp3) is 0.519. The molecule has 1 aliphatic heterocycles. The van der Waals surface area contributed by atoms with E-state index in [0.29, 0.717) is 16.0 Å². The molecule has 3 fully saturated rings. The lowest BCUT2D eigenvalue weighted by Crippen LogP contribution is -2.39. The highest BCUT2D eigenvalue weighted by Gasteiger charge is 2.54. The molecule has 32 heavy (non-hydrogen) atoms. The van der Waals surface area contributed by atoms with Gasteiger partial charge in [-0.1, -0.05) is 23.8 Å². The van der Waals surface area contributed by atoms with Gasteiger partial charge in [-0.05, 0) is 105 Å². The van der Waals surface area contributed by atoms with Crippen molar-refractivity contribution in [1.29, 1.82) is 0 Å². The molecule has 0 amide bonds. The molecule has 168 valence electrons. The summed E-state index contributed by atoms with van der Waals surface area (Å²) in [6, 6.07) is 8.35. The van der Waals surface area contributed by atoms with Crippen molar-refractivity contribution in [2.75, 3.05) is 31.5 Å². The van der Waals surface area contributed by atoms with Gasteiger partial charge in [0.25, 0.3) is 0 Å². The number of nitrogens with zero attached hydrogens (tertiary/aromatic N) is 2. The van der Waals surface area contributed by atoms with E-state index < -0.39 is 0 Å². The maximum absolute atomic E-state index is 13.6. The van der Waals surface area contributed by atoms with Crippen molar-refractivity contribution >= 4 is 17.4 Å². The standard InChI is InChI=1S/C27H31ClFN3/c28-25-5-4-23(29)13-24(25)20-3-6-26(30-15-20)31-16-22-14-27(22)7-9-32(10-8-27)17-21-12-18-1-2-19(21)11-18/h1-6,13,15,18-19,21-22H,7-12,14,16-17H2,(H,30,31). The average molecular weight is 452 g/mol. The molecule has 1 aromatic carbocycles. The Morgan fingerprint density at radius 2 is 2.00 bits per heavy atom. The summed E-state index contributed by atoms with van der Waals surface area (Å²) in [5.74, 6) is 4.01. The highest BCUT2D eigenvalue weighted by atomic mass is 35.5. The van der Waals surface area contributed by atoms with Gasteiger partial charge in [-0.3, -0.25) is 0 Å². The number of nitrogens with one attached hydrogen (secondary N) is 1. The van der Waals surface area contributed by atoms with Crippen molar-refractivity contribution in [3.63, 3.8) is 0 Å².